The Kier molecular flexibility index (Phi) is 5.83. The van der Waals surface area contributed by atoms with Crippen molar-refractivity contribution < 1.29 is 9.90 Å². The second-order valence-corrected chi connectivity index (χ2v) is 5.25. The van der Waals surface area contributed by atoms with Crippen LogP contribution in [0.2, 0.25) is 0 Å². The van der Waals surface area contributed by atoms with E-state index in [-0.39, 0.29) is 12.6 Å². The van der Waals surface area contributed by atoms with Crippen LogP contribution in [-0.2, 0) is 6.54 Å². The summed E-state index contributed by atoms with van der Waals surface area (Å²) >= 11 is 1.55. The highest BCUT2D eigenvalue weighted by Gasteiger charge is 2.03. The summed E-state index contributed by atoms with van der Waals surface area (Å²) in [5.74, 6) is 5.83. The number of hydrogen-bond donors (Lipinski definition) is 3. The van der Waals surface area contributed by atoms with Gasteiger partial charge in [-0.1, -0.05) is 30.0 Å². The Labute approximate surface area is 127 Å². The number of rotatable bonds is 4. The zero-order valence-electron chi connectivity index (χ0n) is 11.4. The minimum atomic E-state index is -0.234. The largest absolute Gasteiger partial charge is 0.395 e. The molecule has 0 atom stereocenters. The number of thiophene rings is 1. The lowest BCUT2D eigenvalue weighted by atomic mass is 10.3. The van der Waals surface area contributed by atoms with E-state index in [0.717, 1.165) is 16.1 Å². The fourth-order valence-electron chi connectivity index (χ4n) is 1.62. The van der Waals surface area contributed by atoms with Gasteiger partial charge in [-0.15, -0.1) is 11.3 Å². The molecule has 0 bridgehead atoms. The molecule has 0 spiro atoms. The number of anilines is 1. The summed E-state index contributed by atoms with van der Waals surface area (Å²) in [6, 6.07) is 11.0. The van der Waals surface area contributed by atoms with Crippen LogP contribution in [0.4, 0.5) is 10.5 Å². The van der Waals surface area contributed by atoms with Gasteiger partial charge in [0.25, 0.3) is 0 Å². The molecule has 0 saturated heterocycles. The summed E-state index contributed by atoms with van der Waals surface area (Å²) in [6.45, 7) is 0.538. The van der Waals surface area contributed by atoms with Crippen LogP contribution in [0.5, 0.6) is 0 Å². The fourth-order valence-corrected chi connectivity index (χ4v) is 2.38. The molecule has 0 aliphatic heterocycles. The Hall–Kier alpha value is -2.29. The van der Waals surface area contributed by atoms with Crippen molar-refractivity contribution in [1.82, 2.24) is 5.32 Å². The van der Waals surface area contributed by atoms with Crippen molar-refractivity contribution in [2.75, 3.05) is 11.9 Å². The fraction of sp³-hybridized carbons (Fsp3) is 0.188. The molecule has 4 nitrogen and oxygen atoms in total. The van der Waals surface area contributed by atoms with Crippen molar-refractivity contribution in [3.63, 3.8) is 0 Å². The molecule has 0 aliphatic carbocycles. The lowest BCUT2D eigenvalue weighted by molar-refractivity contribution is 0.252. The molecular weight excluding hydrogens is 284 g/mol. The molecule has 21 heavy (non-hydrogen) atoms. The van der Waals surface area contributed by atoms with E-state index in [4.69, 9.17) is 5.11 Å². The van der Waals surface area contributed by atoms with Gasteiger partial charge in [0.1, 0.15) is 0 Å². The van der Waals surface area contributed by atoms with Crippen LogP contribution in [0, 0.1) is 11.8 Å². The van der Waals surface area contributed by atoms with E-state index in [2.05, 4.69) is 22.5 Å². The van der Waals surface area contributed by atoms with Gasteiger partial charge in [0.05, 0.1) is 13.2 Å². The number of aliphatic hydroxyl groups excluding tert-OH is 1. The van der Waals surface area contributed by atoms with Crippen molar-refractivity contribution >= 4 is 23.1 Å². The van der Waals surface area contributed by atoms with Gasteiger partial charge >= 0.3 is 6.03 Å². The highest BCUT2D eigenvalue weighted by atomic mass is 32.1. The van der Waals surface area contributed by atoms with Crippen LogP contribution in [0.1, 0.15) is 16.9 Å². The van der Waals surface area contributed by atoms with E-state index in [9.17, 15) is 4.79 Å². The molecule has 1 aromatic carbocycles. The third kappa shape index (κ3) is 5.30. The molecule has 0 unspecified atom stereocenters. The number of aliphatic hydroxyl groups is 1. The second-order valence-electron chi connectivity index (χ2n) is 4.25. The summed E-state index contributed by atoms with van der Waals surface area (Å²) in [7, 11) is 0. The van der Waals surface area contributed by atoms with Gasteiger partial charge in [-0.05, 0) is 18.2 Å². The number of amides is 2. The molecule has 5 heteroatoms. The molecule has 1 heterocycles. The van der Waals surface area contributed by atoms with E-state index in [1.807, 2.05) is 41.8 Å². The monoisotopic (exact) mass is 300 g/mol. The first kappa shape index (κ1) is 15.1. The van der Waals surface area contributed by atoms with E-state index < -0.39 is 0 Å². The summed E-state index contributed by atoms with van der Waals surface area (Å²) in [5.41, 5.74) is 1.67. The first-order valence-corrected chi connectivity index (χ1v) is 7.43. The predicted molar refractivity (Wildman–Crippen MR) is 85.2 cm³/mol. The van der Waals surface area contributed by atoms with E-state index >= 15 is 0 Å². The summed E-state index contributed by atoms with van der Waals surface area (Å²) in [5, 5.41) is 16.2. The highest BCUT2D eigenvalue weighted by Crippen LogP contribution is 2.13. The minimum absolute atomic E-state index is 0.0746. The van der Waals surface area contributed by atoms with Crippen molar-refractivity contribution in [2.24, 2.45) is 0 Å². The second kappa shape index (κ2) is 8.10. The predicted octanol–water partition coefficient (Wildman–Crippen LogP) is 2.80. The number of carbonyl (C=O) groups is 1. The Morgan fingerprint density at radius 3 is 2.86 bits per heavy atom. The van der Waals surface area contributed by atoms with Crippen molar-refractivity contribution in [3.05, 3.63) is 52.2 Å². The summed E-state index contributed by atoms with van der Waals surface area (Å²) < 4.78 is 0. The molecule has 2 rings (SSSR count). The average Bonchev–Trinajstić information content (AvgIpc) is 2.94. The Balaban J connectivity index is 1.81. The molecule has 0 aliphatic rings. The normalized spacial score (nSPS) is 9.57. The van der Waals surface area contributed by atoms with Gasteiger partial charge in [-0.25, -0.2) is 4.79 Å². The third-order valence-electron chi connectivity index (χ3n) is 2.58. The molecule has 108 valence electrons. The van der Waals surface area contributed by atoms with Gasteiger partial charge < -0.3 is 15.7 Å². The Morgan fingerprint density at radius 1 is 1.29 bits per heavy atom. The number of nitrogens with one attached hydrogen (secondary N) is 2. The average molecular weight is 300 g/mol. The molecule has 1 aromatic heterocycles. The lowest BCUT2D eigenvalue weighted by Gasteiger charge is -2.06. The van der Waals surface area contributed by atoms with Crippen LogP contribution < -0.4 is 10.6 Å². The number of hydrogen-bond acceptors (Lipinski definition) is 3. The Morgan fingerprint density at radius 2 is 2.10 bits per heavy atom. The van der Waals surface area contributed by atoms with Gasteiger partial charge in [-0.2, -0.15) is 0 Å². The number of benzene rings is 1. The molecular formula is C16H16N2O2S. The third-order valence-corrected chi connectivity index (χ3v) is 3.51. The number of para-hydroxylation sites is 1. The topological polar surface area (TPSA) is 61.4 Å². The van der Waals surface area contributed by atoms with E-state index in [1.165, 1.54) is 0 Å². The van der Waals surface area contributed by atoms with Gasteiger partial charge in [0, 0.05) is 27.9 Å². The molecule has 0 radical (unpaired) electrons. The van der Waals surface area contributed by atoms with Gasteiger partial charge in [-0.3, -0.25) is 0 Å². The van der Waals surface area contributed by atoms with Crippen molar-refractivity contribution in [3.8, 4) is 11.8 Å². The molecule has 0 fully saturated rings. The number of carbonyl (C=O) groups excluding carboxylic acids is 1. The van der Waals surface area contributed by atoms with Crippen LogP contribution in [0.25, 0.3) is 0 Å². The van der Waals surface area contributed by atoms with Crippen LogP contribution >= 0.6 is 11.3 Å². The van der Waals surface area contributed by atoms with Crippen LogP contribution in [0.15, 0.2) is 41.8 Å². The Bertz CT molecular complexity index is 641. The van der Waals surface area contributed by atoms with Crippen LogP contribution in [0.3, 0.4) is 0 Å². The maximum absolute atomic E-state index is 11.7. The maximum Gasteiger partial charge on any atom is 0.319 e. The lowest BCUT2D eigenvalue weighted by Crippen LogP contribution is -2.27. The number of urea groups is 1. The van der Waals surface area contributed by atoms with Crippen molar-refractivity contribution in [2.45, 2.75) is 13.0 Å². The van der Waals surface area contributed by atoms with Crippen molar-refractivity contribution in [1.29, 1.82) is 0 Å². The quantitative estimate of drug-likeness (QED) is 0.760. The van der Waals surface area contributed by atoms with Gasteiger partial charge in [0.2, 0.25) is 0 Å². The standard InChI is InChI=1S/C16H16N2O2S/c19-9-5-4-6-13-10-15(21-12-13)11-17-16(20)18-14-7-2-1-3-8-14/h1-3,7-8,10,12,19H,5,9,11H2,(H2,17,18,20). The maximum atomic E-state index is 11.7. The van der Waals surface area contributed by atoms with E-state index in [1.54, 1.807) is 11.3 Å². The zero-order chi connectivity index (χ0) is 14.9. The first-order valence-electron chi connectivity index (χ1n) is 6.55. The summed E-state index contributed by atoms with van der Waals surface area (Å²) in [6.07, 6.45) is 0.475. The minimum Gasteiger partial charge on any atom is -0.395 e. The summed E-state index contributed by atoms with van der Waals surface area (Å²) in [4.78, 5) is 12.8. The highest BCUT2D eigenvalue weighted by molar-refractivity contribution is 7.10. The molecule has 0 saturated carbocycles. The van der Waals surface area contributed by atoms with Crippen LogP contribution in [-0.4, -0.2) is 17.7 Å². The zero-order valence-corrected chi connectivity index (χ0v) is 12.2. The smallest absolute Gasteiger partial charge is 0.319 e. The molecule has 2 amide bonds. The van der Waals surface area contributed by atoms with E-state index in [0.29, 0.717) is 13.0 Å². The van der Waals surface area contributed by atoms with Gasteiger partial charge in [0.15, 0.2) is 0 Å². The molecule has 2 aromatic rings. The first-order chi connectivity index (χ1) is 10.3. The molecule has 3 N–H and O–H groups in total. The SMILES string of the molecule is O=C(NCc1cc(C#CCCO)cs1)Nc1ccccc1.